The third-order valence-corrected chi connectivity index (χ3v) is 4.54. The quantitative estimate of drug-likeness (QED) is 0.606. The minimum absolute atomic E-state index is 0.345. The summed E-state index contributed by atoms with van der Waals surface area (Å²) in [5, 5.41) is 0.174. The number of hydrogen-bond acceptors (Lipinski definition) is 1. The number of ether oxygens (including phenoxy) is 1. The Labute approximate surface area is 135 Å². The zero-order valence-electron chi connectivity index (χ0n) is 10.9. The van der Waals surface area contributed by atoms with Crippen LogP contribution in [0.2, 0.25) is 5.02 Å². The van der Waals surface area contributed by atoms with Crippen molar-refractivity contribution < 1.29 is 9.13 Å². The van der Waals surface area contributed by atoms with E-state index in [4.69, 9.17) is 27.9 Å². The molecule has 0 spiro atoms. The molecule has 1 nitrogen and oxygen atoms in total. The average Bonchev–Trinajstić information content (AvgIpc) is 2.43. The number of hydrogen-bond donors (Lipinski definition) is 0. The largest absolute Gasteiger partial charge is 0.496 e. The first kappa shape index (κ1) is 15.6. The summed E-state index contributed by atoms with van der Waals surface area (Å²) < 4.78 is 19.1. The van der Waals surface area contributed by atoms with E-state index in [-0.39, 0.29) is 0 Å². The van der Waals surface area contributed by atoms with E-state index in [1.807, 2.05) is 25.1 Å². The molecule has 0 heterocycles. The summed E-state index contributed by atoms with van der Waals surface area (Å²) in [6.07, 6.45) is 0. The molecular weight excluding hydrogens is 366 g/mol. The van der Waals surface area contributed by atoms with Crippen molar-refractivity contribution in [3.05, 3.63) is 62.3 Å². The molecule has 0 fully saturated rings. The lowest BCUT2D eigenvalue weighted by atomic mass is 10.0. The van der Waals surface area contributed by atoms with Gasteiger partial charge in [-0.25, -0.2) is 4.39 Å². The van der Waals surface area contributed by atoms with Gasteiger partial charge in [0, 0.05) is 16.7 Å². The van der Waals surface area contributed by atoms with Crippen LogP contribution in [0.3, 0.4) is 0 Å². The highest BCUT2D eigenvalue weighted by Gasteiger charge is 2.19. The first-order valence-electron chi connectivity index (χ1n) is 5.87. The number of aryl methyl sites for hydroxylation is 1. The standard InChI is InChI=1S/C15H12BrCl2FO/c1-8-3-4-9(5-12(8)17)15(18)10-6-11(16)13(19)7-14(10)20-2/h3-7,15H,1-2H3. The van der Waals surface area contributed by atoms with Gasteiger partial charge in [-0.05, 0) is 46.1 Å². The zero-order chi connectivity index (χ0) is 14.9. The lowest BCUT2D eigenvalue weighted by Gasteiger charge is -2.16. The summed E-state index contributed by atoms with van der Waals surface area (Å²) in [7, 11) is 1.48. The van der Waals surface area contributed by atoms with Gasteiger partial charge in [0.05, 0.1) is 17.0 Å². The molecule has 0 aliphatic rings. The van der Waals surface area contributed by atoms with E-state index in [1.54, 1.807) is 6.07 Å². The summed E-state index contributed by atoms with van der Waals surface area (Å²) >= 11 is 15.8. The van der Waals surface area contributed by atoms with Gasteiger partial charge in [0.15, 0.2) is 0 Å². The van der Waals surface area contributed by atoms with Crippen LogP contribution in [0.5, 0.6) is 5.75 Å². The minimum atomic E-state index is -0.472. The molecule has 0 aliphatic carbocycles. The molecule has 0 saturated carbocycles. The van der Waals surface area contributed by atoms with E-state index >= 15 is 0 Å². The highest BCUT2D eigenvalue weighted by molar-refractivity contribution is 9.10. The Hall–Kier alpha value is -0.770. The van der Waals surface area contributed by atoms with Crippen molar-refractivity contribution in [2.75, 3.05) is 7.11 Å². The van der Waals surface area contributed by atoms with Crippen molar-refractivity contribution in [1.29, 1.82) is 0 Å². The van der Waals surface area contributed by atoms with Crippen LogP contribution in [0, 0.1) is 12.7 Å². The molecule has 0 amide bonds. The van der Waals surface area contributed by atoms with Crippen LogP contribution in [0.1, 0.15) is 22.1 Å². The van der Waals surface area contributed by atoms with Crippen molar-refractivity contribution in [3.8, 4) is 5.75 Å². The molecule has 2 aromatic carbocycles. The van der Waals surface area contributed by atoms with Gasteiger partial charge < -0.3 is 4.74 Å². The Morgan fingerprint density at radius 1 is 1.25 bits per heavy atom. The van der Waals surface area contributed by atoms with Gasteiger partial charge in [0.1, 0.15) is 11.6 Å². The summed E-state index contributed by atoms with van der Waals surface area (Å²) in [6, 6.07) is 8.54. The number of methoxy groups -OCH3 is 1. The summed E-state index contributed by atoms with van der Waals surface area (Å²) in [5.74, 6) is 0.0128. The lowest BCUT2D eigenvalue weighted by molar-refractivity contribution is 0.406. The second-order valence-corrected chi connectivity index (χ2v) is 6.08. The predicted octanol–water partition coefficient (Wildman–Crippen LogP) is 5.89. The van der Waals surface area contributed by atoms with Gasteiger partial charge in [-0.2, -0.15) is 0 Å². The molecule has 106 valence electrons. The normalized spacial score (nSPS) is 12.3. The number of alkyl halides is 1. The maximum atomic E-state index is 13.5. The third kappa shape index (κ3) is 3.11. The monoisotopic (exact) mass is 376 g/mol. The number of halogens is 4. The molecule has 0 bridgehead atoms. The predicted molar refractivity (Wildman–Crippen MR) is 84.5 cm³/mol. The van der Waals surface area contributed by atoms with Gasteiger partial charge in [-0.3, -0.25) is 0 Å². The van der Waals surface area contributed by atoms with Gasteiger partial charge in [0.2, 0.25) is 0 Å². The van der Waals surface area contributed by atoms with Gasteiger partial charge in [0.25, 0.3) is 0 Å². The smallest absolute Gasteiger partial charge is 0.141 e. The van der Waals surface area contributed by atoms with Crippen LogP contribution >= 0.6 is 39.1 Å². The third-order valence-electron chi connectivity index (χ3n) is 3.03. The fraction of sp³-hybridized carbons (Fsp3) is 0.200. The Morgan fingerprint density at radius 3 is 2.55 bits per heavy atom. The maximum absolute atomic E-state index is 13.5. The first-order chi connectivity index (χ1) is 9.43. The van der Waals surface area contributed by atoms with Crippen molar-refractivity contribution in [2.45, 2.75) is 12.3 Å². The molecule has 1 atom stereocenters. The van der Waals surface area contributed by atoms with Crippen LogP contribution < -0.4 is 4.74 Å². The van der Waals surface area contributed by atoms with Crippen LogP contribution in [0.25, 0.3) is 0 Å². The van der Waals surface area contributed by atoms with Gasteiger partial charge in [-0.1, -0.05) is 23.7 Å². The number of rotatable bonds is 3. The first-order valence-corrected chi connectivity index (χ1v) is 7.48. The maximum Gasteiger partial charge on any atom is 0.141 e. The summed E-state index contributed by atoms with van der Waals surface area (Å²) in [5.41, 5.74) is 2.49. The SMILES string of the molecule is COc1cc(F)c(Br)cc1C(Cl)c1ccc(C)c(Cl)c1. The van der Waals surface area contributed by atoms with E-state index in [0.29, 0.717) is 20.8 Å². The molecule has 0 aliphatic heterocycles. The Kier molecular flexibility index (Phi) is 4.95. The molecule has 2 aromatic rings. The molecule has 0 aromatic heterocycles. The van der Waals surface area contributed by atoms with Crippen molar-refractivity contribution in [2.24, 2.45) is 0 Å². The fourth-order valence-corrected chi connectivity index (χ4v) is 2.72. The summed E-state index contributed by atoms with van der Waals surface area (Å²) in [4.78, 5) is 0. The fourth-order valence-electron chi connectivity index (χ4n) is 1.87. The Balaban J connectivity index is 2.49. The van der Waals surface area contributed by atoms with Crippen LogP contribution in [-0.2, 0) is 0 Å². The van der Waals surface area contributed by atoms with Crippen molar-refractivity contribution in [1.82, 2.24) is 0 Å². The highest BCUT2D eigenvalue weighted by Crippen LogP contribution is 2.38. The van der Waals surface area contributed by atoms with E-state index in [1.165, 1.54) is 13.2 Å². The van der Waals surface area contributed by atoms with E-state index in [0.717, 1.165) is 11.1 Å². The van der Waals surface area contributed by atoms with Crippen LogP contribution in [-0.4, -0.2) is 7.11 Å². The van der Waals surface area contributed by atoms with Crippen molar-refractivity contribution in [3.63, 3.8) is 0 Å². The number of benzene rings is 2. The molecule has 0 N–H and O–H groups in total. The van der Waals surface area contributed by atoms with Crippen LogP contribution in [0.15, 0.2) is 34.8 Å². The lowest BCUT2D eigenvalue weighted by Crippen LogP contribution is -1.99. The van der Waals surface area contributed by atoms with E-state index in [2.05, 4.69) is 15.9 Å². The second kappa shape index (κ2) is 6.33. The molecule has 5 heteroatoms. The molecule has 1 unspecified atom stereocenters. The highest BCUT2D eigenvalue weighted by atomic mass is 79.9. The van der Waals surface area contributed by atoms with E-state index < -0.39 is 11.2 Å². The van der Waals surface area contributed by atoms with Crippen molar-refractivity contribution >= 4 is 39.1 Å². The molecule has 0 radical (unpaired) electrons. The van der Waals surface area contributed by atoms with Gasteiger partial charge >= 0.3 is 0 Å². The van der Waals surface area contributed by atoms with Gasteiger partial charge in [-0.15, -0.1) is 11.6 Å². The molecule has 2 rings (SSSR count). The topological polar surface area (TPSA) is 9.23 Å². The molecule has 20 heavy (non-hydrogen) atoms. The van der Waals surface area contributed by atoms with Crippen LogP contribution in [0.4, 0.5) is 4.39 Å². The molecule has 0 saturated heterocycles. The average molecular weight is 378 g/mol. The summed E-state index contributed by atoms with van der Waals surface area (Å²) in [6.45, 7) is 1.92. The zero-order valence-corrected chi connectivity index (χ0v) is 14.0. The molecular formula is C15H12BrCl2FO. The Morgan fingerprint density at radius 2 is 1.95 bits per heavy atom. The minimum Gasteiger partial charge on any atom is -0.496 e. The Bertz CT molecular complexity index is 646. The second-order valence-electron chi connectivity index (χ2n) is 4.38. The van der Waals surface area contributed by atoms with E-state index in [9.17, 15) is 4.39 Å².